The zero-order valence-electron chi connectivity index (χ0n) is 19.8. The third-order valence-corrected chi connectivity index (χ3v) is 6.55. The molecular formula is C23H38N6O4. The van der Waals surface area contributed by atoms with E-state index >= 15 is 0 Å². The summed E-state index contributed by atoms with van der Waals surface area (Å²) in [6.07, 6.45) is 7.15. The number of piperidine rings is 1. The Kier molecular flexibility index (Phi) is 9.76. The first-order valence-electron chi connectivity index (χ1n) is 12.3. The van der Waals surface area contributed by atoms with E-state index < -0.39 is 17.7 Å². The first-order valence-corrected chi connectivity index (χ1v) is 12.3. The number of hydrogen-bond acceptors (Lipinski definition) is 7. The van der Waals surface area contributed by atoms with E-state index in [1.165, 1.54) is 19.3 Å². The number of hydrogen-bond donors (Lipinski definition) is 2. The molecule has 184 valence electrons. The lowest BCUT2D eigenvalue weighted by molar-refractivity contribution is -0.123. The number of likely N-dealkylation sites (tertiary alicyclic amines) is 1. The second kappa shape index (κ2) is 12.8. The summed E-state index contributed by atoms with van der Waals surface area (Å²) < 4.78 is 10.8. The molecule has 2 saturated heterocycles. The van der Waals surface area contributed by atoms with Gasteiger partial charge in [0.2, 0.25) is 11.9 Å². The number of guanidine groups is 1. The Bertz CT molecular complexity index is 719. The zero-order chi connectivity index (χ0) is 23.5. The molecule has 3 rings (SSSR count). The van der Waals surface area contributed by atoms with Gasteiger partial charge in [-0.25, -0.2) is 9.79 Å². The number of nitrogens with one attached hydrogen (secondary N) is 2. The minimum Gasteiger partial charge on any atom is -0.449 e. The van der Waals surface area contributed by atoms with Gasteiger partial charge in [0.25, 0.3) is 0 Å². The van der Waals surface area contributed by atoms with Crippen LogP contribution in [0.15, 0.2) is 4.99 Å². The molecule has 0 radical (unpaired) electrons. The number of rotatable bonds is 7. The third-order valence-electron chi connectivity index (χ3n) is 6.55. The van der Waals surface area contributed by atoms with Gasteiger partial charge in [0.1, 0.15) is 11.6 Å². The summed E-state index contributed by atoms with van der Waals surface area (Å²) in [6.45, 7) is 7.32. The van der Waals surface area contributed by atoms with E-state index in [1.54, 1.807) is 6.92 Å². The molecule has 3 fully saturated rings. The van der Waals surface area contributed by atoms with E-state index in [-0.39, 0.29) is 5.91 Å². The molecule has 0 bridgehead atoms. The molecule has 2 amide bonds. The minimum absolute atomic E-state index is 0.305. The first kappa shape index (κ1) is 25.2. The molecule has 2 N–H and O–H groups in total. The summed E-state index contributed by atoms with van der Waals surface area (Å²) >= 11 is 0. The average Bonchev–Trinajstić information content (AvgIpc) is 3.31. The van der Waals surface area contributed by atoms with Gasteiger partial charge in [0, 0.05) is 19.6 Å². The quantitative estimate of drug-likeness (QED) is 0.335. The maximum Gasteiger partial charge on any atom is 0.413 e. The number of nitrogens with zero attached hydrogens (tertiary/aromatic N) is 4. The van der Waals surface area contributed by atoms with Crippen LogP contribution in [0.1, 0.15) is 58.3 Å². The van der Waals surface area contributed by atoms with Crippen molar-refractivity contribution in [3.63, 3.8) is 0 Å². The highest BCUT2D eigenvalue weighted by Crippen LogP contribution is 2.29. The molecular weight excluding hydrogens is 424 g/mol. The van der Waals surface area contributed by atoms with Crippen LogP contribution in [-0.2, 0) is 14.3 Å². The van der Waals surface area contributed by atoms with Gasteiger partial charge in [-0.05, 0) is 65.0 Å². The van der Waals surface area contributed by atoms with Crippen molar-refractivity contribution < 1.29 is 19.1 Å². The Balaban J connectivity index is 1.53. The SMILES string of the molecule is C[C@H](N=C(NC(=O)OCCCN1CCCCC1)N1CCOCC1)C(=O)NC1(C#N)CCCC1. The molecule has 1 aliphatic carbocycles. The molecule has 0 aromatic heterocycles. The number of nitriles is 1. The highest BCUT2D eigenvalue weighted by molar-refractivity contribution is 5.95. The predicted octanol–water partition coefficient (Wildman–Crippen LogP) is 1.62. The summed E-state index contributed by atoms with van der Waals surface area (Å²) in [7, 11) is 0. The third kappa shape index (κ3) is 7.86. The number of carbonyl (C=O) groups is 2. The number of aliphatic imine (C=N–C) groups is 1. The summed E-state index contributed by atoms with van der Waals surface area (Å²) in [5.74, 6) is -0.0136. The topological polar surface area (TPSA) is 119 Å². The molecule has 1 atom stereocenters. The lowest BCUT2D eigenvalue weighted by Gasteiger charge is -2.30. The van der Waals surface area contributed by atoms with Crippen LogP contribution in [0.2, 0.25) is 0 Å². The highest BCUT2D eigenvalue weighted by Gasteiger charge is 2.36. The second-order valence-corrected chi connectivity index (χ2v) is 9.14. The summed E-state index contributed by atoms with van der Waals surface area (Å²) in [5.41, 5.74) is -0.805. The lowest BCUT2D eigenvalue weighted by atomic mass is 9.99. The van der Waals surface area contributed by atoms with Gasteiger partial charge >= 0.3 is 6.09 Å². The van der Waals surface area contributed by atoms with Crippen LogP contribution in [0, 0.1) is 11.3 Å². The van der Waals surface area contributed by atoms with Crippen LogP contribution in [0.25, 0.3) is 0 Å². The van der Waals surface area contributed by atoms with E-state index in [0.29, 0.717) is 51.7 Å². The van der Waals surface area contributed by atoms with Crippen molar-refractivity contribution in [1.29, 1.82) is 5.26 Å². The fraction of sp³-hybridized carbons (Fsp3) is 0.826. The van der Waals surface area contributed by atoms with E-state index in [2.05, 4.69) is 26.6 Å². The summed E-state index contributed by atoms with van der Waals surface area (Å²) in [4.78, 5) is 34.0. The van der Waals surface area contributed by atoms with Crippen LogP contribution < -0.4 is 10.6 Å². The number of ether oxygens (including phenoxy) is 2. The monoisotopic (exact) mass is 462 g/mol. The lowest BCUT2D eigenvalue weighted by Crippen LogP contribution is -2.51. The minimum atomic E-state index is -0.805. The normalized spacial score (nSPS) is 22.3. The van der Waals surface area contributed by atoms with Crippen molar-refractivity contribution in [2.45, 2.75) is 69.9 Å². The van der Waals surface area contributed by atoms with Crippen molar-refractivity contribution >= 4 is 18.0 Å². The standard InChI is InChI=1S/C23H38N6O4/c1-19(20(30)27-23(18-24)8-3-4-9-23)25-21(29-13-16-32-17-14-29)26-22(31)33-15-7-12-28-10-5-2-6-11-28/h19H,2-17H2,1H3,(H,27,30)(H,25,26,31)/t19-/m0/s1. The Labute approximate surface area is 196 Å². The van der Waals surface area contributed by atoms with Gasteiger partial charge in [0.15, 0.2) is 0 Å². The number of morpholine rings is 1. The smallest absolute Gasteiger partial charge is 0.413 e. The molecule has 0 aromatic rings. The van der Waals surface area contributed by atoms with Crippen LogP contribution in [-0.4, -0.2) is 91.9 Å². The van der Waals surface area contributed by atoms with Crippen LogP contribution >= 0.6 is 0 Å². The van der Waals surface area contributed by atoms with Crippen molar-refractivity contribution in [2.75, 3.05) is 52.5 Å². The fourth-order valence-electron chi connectivity index (χ4n) is 4.56. The maximum atomic E-state index is 12.8. The fourth-order valence-corrected chi connectivity index (χ4v) is 4.56. The first-order chi connectivity index (χ1) is 16.0. The Morgan fingerprint density at radius 1 is 1.12 bits per heavy atom. The molecule has 0 spiro atoms. The van der Waals surface area contributed by atoms with E-state index in [4.69, 9.17) is 9.47 Å². The van der Waals surface area contributed by atoms with Gasteiger partial charge in [-0.15, -0.1) is 0 Å². The zero-order valence-corrected chi connectivity index (χ0v) is 19.8. The largest absolute Gasteiger partial charge is 0.449 e. The van der Waals surface area contributed by atoms with Gasteiger partial charge in [-0.2, -0.15) is 5.26 Å². The van der Waals surface area contributed by atoms with Gasteiger partial charge in [0.05, 0.1) is 25.9 Å². The van der Waals surface area contributed by atoms with Crippen LogP contribution in [0.5, 0.6) is 0 Å². The van der Waals surface area contributed by atoms with E-state index in [1.807, 2.05) is 4.90 Å². The molecule has 0 aromatic carbocycles. The van der Waals surface area contributed by atoms with Crippen molar-refractivity contribution in [1.82, 2.24) is 20.4 Å². The van der Waals surface area contributed by atoms with Crippen LogP contribution in [0.3, 0.4) is 0 Å². The van der Waals surface area contributed by atoms with Gasteiger partial charge < -0.3 is 24.6 Å². The maximum absolute atomic E-state index is 12.8. The summed E-state index contributed by atoms with van der Waals surface area (Å²) in [6, 6.07) is 1.51. The molecule has 3 aliphatic rings. The van der Waals surface area contributed by atoms with Crippen molar-refractivity contribution in [2.24, 2.45) is 4.99 Å². The molecule has 10 nitrogen and oxygen atoms in total. The van der Waals surface area contributed by atoms with E-state index in [0.717, 1.165) is 38.9 Å². The molecule has 10 heteroatoms. The Morgan fingerprint density at radius 3 is 2.48 bits per heavy atom. The predicted molar refractivity (Wildman–Crippen MR) is 124 cm³/mol. The van der Waals surface area contributed by atoms with Crippen molar-refractivity contribution in [3.8, 4) is 6.07 Å². The molecule has 2 aliphatic heterocycles. The molecule has 2 heterocycles. The summed E-state index contributed by atoms with van der Waals surface area (Å²) in [5, 5.41) is 15.1. The second-order valence-electron chi connectivity index (χ2n) is 9.14. The Morgan fingerprint density at radius 2 is 1.82 bits per heavy atom. The molecule has 0 unspecified atom stereocenters. The van der Waals surface area contributed by atoms with Crippen molar-refractivity contribution in [3.05, 3.63) is 0 Å². The Hall–Kier alpha value is -2.38. The van der Waals surface area contributed by atoms with E-state index in [9.17, 15) is 14.9 Å². The van der Waals surface area contributed by atoms with Gasteiger partial charge in [-0.3, -0.25) is 10.1 Å². The van der Waals surface area contributed by atoms with Gasteiger partial charge in [-0.1, -0.05) is 6.42 Å². The molecule has 1 saturated carbocycles. The molecule has 33 heavy (non-hydrogen) atoms. The average molecular weight is 463 g/mol. The van der Waals surface area contributed by atoms with Crippen LogP contribution in [0.4, 0.5) is 4.79 Å². The number of alkyl carbamates (subject to hydrolysis) is 1. The number of amides is 2. The highest BCUT2D eigenvalue weighted by atomic mass is 16.5. The number of carbonyl (C=O) groups excluding carboxylic acids is 2.